The van der Waals surface area contributed by atoms with Crippen LogP contribution in [0.15, 0.2) is 53.0 Å². The van der Waals surface area contributed by atoms with Crippen LogP contribution < -0.4 is 9.47 Å². The second kappa shape index (κ2) is 10.0. The van der Waals surface area contributed by atoms with Gasteiger partial charge in [0.1, 0.15) is 0 Å². The molecule has 10 nitrogen and oxygen atoms in total. The number of aromatic nitrogens is 2. The minimum atomic E-state index is -0.630. The molecule has 0 amide bonds. The van der Waals surface area contributed by atoms with Gasteiger partial charge in [0, 0.05) is 17.7 Å². The standard InChI is InChI=1S/C21H19N3O7/c1-3-4-14-5-10-17(18(11-14)28-2)29-13-20(25)30-12-19-22-23-21(31-19)15-6-8-16(9-7-15)24(26)27/h3-11H,12-13H2,1-2H3/b4-3+. The number of benzene rings is 2. The van der Waals surface area contributed by atoms with Gasteiger partial charge in [-0.3, -0.25) is 10.1 Å². The van der Waals surface area contributed by atoms with Gasteiger partial charge in [0.15, 0.2) is 24.7 Å². The molecule has 160 valence electrons. The average Bonchev–Trinajstić information content (AvgIpc) is 3.26. The van der Waals surface area contributed by atoms with Crippen LogP contribution in [-0.4, -0.2) is 34.8 Å². The summed E-state index contributed by atoms with van der Waals surface area (Å²) in [5.41, 5.74) is 1.40. The van der Waals surface area contributed by atoms with Crippen molar-refractivity contribution in [3.05, 3.63) is 70.1 Å². The number of hydrogen-bond acceptors (Lipinski definition) is 9. The summed E-state index contributed by atoms with van der Waals surface area (Å²) in [5, 5.41) is 18.4. The van der Waals surface area contributed by atoms with E-state index in [9.17, 15) is 14.9 Å². The molecule has 1 aromatic heterocycles. The molecule has 3 aromatic rings. The number of non-ortho nitro benzene ring substituents is 1. The zero-order chi connectivity index (χ0) is 22.2. The van der Waals surface area contributed by atoms with Crippen molar-refractivity contribution in [1.29, 1.82) is 0 Å². The van der Waals surface area contributed by atoms with E-state index >= 15 is 0 Å². The molecule has 0 saturated heterocycles. The lowest BCUT2D eigenvalue weighted by Gasteiger charge is -2.10. The second-order valence-electron chi connectivity index (χ2n) is 6.16. The van der Waals surface area contributed by atoms with Gasteiger partial charge in [-0.05, 0) is 36.8 Å². The molecule has 0 aliphatic carbocycles. The molecule has 0 atom stereocenters. The van der Waals surface area contributed by atoms with Crippen LogP contribution in [0.2, 0.25) is 0 Å². The maximum Gasteiger partial charge on any atom is 0.344 e. The van der Waals surface area contributed by atoms with Crippen molar-refractivity contribution in [3.8, 4) is 23.0 Å². The van der Waals surface area contributed by atoms with Crippen molar-refractivity contribution in [2.75, 3.05) is 13.7 Å². The Morgan fingerprint density at radius 2 is 1.94 bits per heavy atom. The molecule has 31 heavy (non-hydrogen) atoms. The predicted octanol–water partition coefficient (Wildman–Crippen LogP) is 3.81. The molecule has 0 aliphatic rings. The molecule has 0 saturated carbocycles. The molecule has 0 fully saturated rings. The number of hydrogen-bond donors (Lipinski definition) is 0. The largest absolute Gasteiger partial charge is 0.493 e. The molecule has 0 unspecified atom stereocenters. The molecule has 1 heterocycles. The average molecular weight is 425 g/mol. The zero-order valence-corrected chi connectivity index (χ0v) is 16.8. The Labute approximate surface area is 177 Å². The van der Waals surface area contributed by atoms with Gasteiger partial charge in [-0.15, -0.1) is 10.2 Å². The van der Waals surface area contributed by atoms with E-state index in [1.165, 1.54) is 31.4 Å². The Morgan fingerprint density at radius 1 is 1.16 bits per heavy atom. The van der Waals surface area contributed by atoms with E-state index < -0.39 is 10.9 Å². The van der Waals surface area contributed by atoms with Crippen LogP contribution in [0.4, 0.5) is 5.69 Å². The third-order valence-electron chi connectivity index (χ3n) is 4.04. The topological polar surface area (TPSA) is 127 Å². The summed E-state index contributed by atoms with van der Waals surface area (Å²) in [6, 6.07) is 11.0. The van der Waals surface area contributed by atoms with Crippen LogP contribution >= 0.6 is 0 Å². The highest BCUT2D eigenvalue weighted by molar-refractivity contribution is 5.71. The Bertz CT molecular complexity index is 1090. The second-order valence-corrected chi connectivity index (χ2v) is 6.16. The van der Waals surface area contributed by atoms with Crippen LogP contribution in [0.3, 0.4) is 0 Å². The number of rotatable bonds is 9. The fraction of sp³-hybridized carbons (Fsp3) is 0.190. The van der Waals surface area contributed by atoms with Crippen LogP contribution in [-0.2, 0) is 16.1 Å². The van der Waals surface area contributed by atoms with Gasteiger partial charge in [0.25, 0.3) is 11.6 Å². The van der Waals surface area contributed by atoms with E-state index in [4.69, 9.17) is 18.6 Å². The number of methoxy groups -OCH3 is 1. The maximum absolute atomic E-state index is 12.0. The van der Waals surface area contributed by atoms with Crippen LogP contribution in [0.1, 0.15) is 18.4 Å². The minimum absolute atomic E-state index is 0.0504. The summed E-state index contributed by atoms with van der Waals surface area (Å²) in [6.07, 6.45) is 3.81. The molecule has 0 spiro atoms. The summed E-state index contributed by atoms with van der Waals surface area (Å²) in [5.74, 6) is 0.506. The molecule has 3 rings (SSSR count). The summed E-state index contributed by atoms with van der Waals surface area (Å²) in [4.78, 5) is 22.2. The third kappa shape index (κ3) is 5.66. The SMILES string of the molecule is C/C=C/c1ccc(OCC(=O)OCc2nnc(-c3ccc([N+](=O)[O-])cc3)o2)c(OC)c1. The normalized spacial score (nSPS) is 10.8. The Kier molecular flexibility index (Phi) is 6.94. The predicted molar refractivity (Wildman–Crippen MR) is 109 cm³/mol. The first-order valence-corrected chi connectivity index (χ1v) is 9.16. The summed E-state index contributed by atoms with van der Waals surface area (Å²) in [7, 11) is 1.51. The van der Waals surface area contributed by atoms with E-state index in [1.54, 1.807) is 12.1 Å². The number of nitrogens with zero attached hydrogens (tertiary/aromatic N) is 3. The van der Waals surface area contributed by atoms with Gasteiger partial charge >= 0.3 is 5.97 Å². The van der Waals surface area contributed by atoms with Crippen molar-refractivity contribution in [3.63, 3.8) is 0 Å². The van der Waals surface area contributed by atoms with Gasteiger partial charge in [-0.1, -0.05) is 18.2 Å². The van der Waals surface area contributed by atoms with Crippen molar-refractivity contribution in [2.24, 2.45) is 0 Å². The molecule has 2 aromatic carbocycles. The van der Waals surface area contributed by atoms with E-state index in [1.807, 2.05) is 25.1 Å². The maximum atomic E-state index is 12.0. The first kappa shape index (κ1) is 21.5. The summed E-state index contributed by atoms with van der Waals surface area (Å²) in [6.45, 7) is 1.34. The fourth-order valence-corrected chi connectivity index (χ4v) is 2.57. The molecular weight excluding hydrogens is 406 g/mol. The highest BCUT2D eigenvalue weighted by Gasteiger charge is 2.14. The quantitative estimate of drug-likeness (QED) is 0.286. The molecule has 0 radical (unpaired) electrons. The molecule has 0 N–H and O–H groups in total. The number of nitro groups is 1. The number of esters is 1. The van der Waals surface area contributed by atoms with Gasteiger partial charge in [-0.2, -0.15) is 0 Å². The third-order valence-corrected chi connectivity index (χ3v) is 4.04. The number of ether oxygens (including phenoxy) is 3. The summed E-state index contributed by atoms with van der Waals surface area (Å²) < 4.78 is 21.3. The van der Waals surface area contributed by atoms with Crippen LogP contribution in [0.25, 0.3) is 17.5 Å². The van der Waals surface area contributed by atoms with E-state index in [0.29, 0.717) is 17.1 Å². The van der Waals surface area contributed by atoms with Crippen molar-refractivity contribution < 1.29 is 28.3 Å². The van der Waals surface area contributed by atoms with Crippen LogP contribution in [0.5, 0.6) is 11.5 Å². The van der Waals surface area contributed by atoms with Gasteiger partial charge in [0.05, 0.1) is 12.0 Å². The molecule has 0 bridgehead atoms. The first-order chi connectivity index (χ1) is 15.0. The van der Waals surface area contributed by atoms with E-state index in [0.717, 1.165) is 5.56 Å². The van der Waals surface area contributed by atoms with Crippen molar-refractivity contribution in [1.82, 2.24) is 10.2 Å². The molecule has 10 heteroatoms. The monoisotopic (exact) mass is 425 g/mol. The highest BCUT2D eigenvalue weighted by Crippen LogP contribution is 2.28. The van der Waals surface area contributed by atoms with Crippen molar-refractivity contribution in [2.45, 2.75) is 13.5 Å². The number of nitro benzene ring substituents is 1. The number of allylic oxidation sites excluding steroid dienone is 1. The van der Waals surface area contributed by atoms with Gasteiger partial charge in [-0.25, -0.2) is 4.79 Å². The highest BCUT2D eigenvalue weighted by atomic mass is 16.6. The Balaban J connectivity index is 1.53. The molecule has 0 aliphatic heterocycles. The lowest BCUT2D eigenvalue weighted by atomic mass is 10.2. The van der Waals surface area contributed by atoms with Crippen LogP contribution in [0, 0.1) is 10.1 Å². The zero-order valence-electron chi connectivity index (χ0n) is 16.8. The van der Waals surface area contributed by atoms with E-state index in [-0.39, 0.29) is 30.7 Å². The lowest BCUT2D eigenvalue weighted by molar-refractivity contribution is -0.384. The van der Waals surface area contributed by atoms with Crippen molar-refractivity contribution >= 4 is 17.7 Å². The first-order valence-electron chi connectivity index (χ1n) is 9.16. The smallest absolute Gasteiger partial charge is 0.344 e. The summed E-state index contributed by atoms with van der Waals surface area (Å²) >= 11 is 0. The van der Waals surface area contributed by atoms with E-state index in [2.05, 4.69) is 10.2 Å². The lowest BCUT2D eigenvalue weighted by Crippen LogP contribution is -2.15. The Hall–Kier alpha value is -4.21. The van der Waals surface area contributed by atoms with Gasteiger partial charge in [0.2, 0.25) is 5.89 Å². The van der Waals surface area contributed by atoms with Gasteiger partial charge < -0.3 is 18.6 Å². The number of carbonyl (C=O) groups excluding carboxylic acids is 1. The number of carbonyl (C=O) groups is 1. The Morgan fingerprint density at radius 3 is 2.61 bits per heavy atom. The fourth-order valence-electron chi connectivity index (χ4n) is 2.57. The molecular formula is C21H19N3O7. The minimum Gasteiger partial charge on any atom is -0.493 e.